The van der Waals surface area contributed by atoms with Gasteiger partial charge in [0.1, 0.15) is 0 Å². The molecule has 0 aliphatic heterocycles. The summed E-state index contributed by atoms with van der Waals surface area (Å²) in [5.74, 6) is 0.916. The Morgan fingerprint density at radius 3 is 2.54 bits per heavy atom. The maximum atomic E-state index is 10.5. The van der Waals surface area contributed by atoms with E-state index in [-0.39, 0.29) is 5.75 Å². The fourth-order valence-corrected chi connectivity index (χ4v) is 1.95. The molecule has 13 heavy (non-hydrogen) atoms. The highest BCUT2D eigenvalue weighted by atomic mass is 32.2. The minimum atomic E-state index is -3.26. The topological polar surface area (TPSA) is 72.2 Å². The van der Waals surface area contributed by atoms with Crippen molar-refractivity contribution in [3.05, 3.63) is 0 Å². The second-order valence-corrected chi connectivity index (χ2v) is 5.46. The van der Waals surface area contributed by atoms with Gasteiger partial charge in [-0.25, -0.2) is 13.6 Å². The Morgan fingerprint density at radius 2 is 2.08 bits per heavy atom. The van der Waals surface area contributed by atoms with Crippen molar-refractivity contribution in [1.82, 2.24) is 5.32 Å². The third-order valence-corrected chi connectivity index (χ3v) is 3.30. The van der Waals surface area contributed by atoms with Crippen molar-refractivity contribution in [2.75, 3.05) is 18.8 Å². The first-order chi connectivity index (χ1) is 6.08. The lowest BCUT2D eigenvalue weighted by molar-refractivity contribution is 0.302. The Morgan fingerprint density at radius 1 is 1.38 bits per heavy atom. The van der Waals surface area contributed by atoms with Gasteiger partial charge in [0.05, 0.1) is 5.75 Å². The van der Waals surface area contributed by atoms with Gasteiger partial charge in [-0.3, -0.25) is 0 Å². The largest absolute Gasteiger partial charge is 0.316 e. The molecule has 0 spiro atoms. The van der Waals surface area contributed by atoms with Gasteiger partial charge in [0, 0.05) is 0 Å². The van der Waals surface area contributed by atoms with Gasteiger partial charge in [-0.05, 0) is 38.3 Å². The third kappa shape index (κ3) is 5.23. The third-order valence-electron chi connectivity index (χ3n) is 2.44. The average molecular weight is 206 g/mol. The molecule has 1 aliphatic carbocycles. The summed E-state index contributed by atoms with van der Waals surface area (Å²) >= 11 is 0. The molecule has 0 radical (unpaired) electrons. The predicted molar refractivity (Wildman–Crippen MR) is 52.8 cm³/mol. The van der Waals surface area contributed by atoms with Gasteiger partial charge in [0.2, 0.25) is 10.0 Å². The number of nitrogens with one attached hydrogen (secondary N) is 1. The zero-order valence-corrected chi connectivity index (χ0v) is 8.65. The summed E-state index contributed by atoms with van der Waals surface area (Å²) in [5.41, 5.74) is 0. The number of hydrogen-bond acceptors (Lipinski definition) is 3. The molecule has 0 saturated heterocycles. The van der Waals surface area contributed by atoms with E-state index in [1.54, 1.807) is 0 Å². The Kier molecular flexibility index (Phi) is 4.15. The van der Waals surface area contributed by atoms with E-state index in [1.807, 2.05) is 0 Å². The van der Waals surface area contributed by atoms with Crippen LogP contribution < -0.4 is 10.5 Å². The fraction of sp³-hybridized carbons (Fsp3) is 1.00. The van der Waals surface area contributed by atoms with Gasteiger partial charge in [0.25, 0.3) is 0 Å². The minimum absolute atomic E-state index is 0.0880. The minimum Gasteiger partial charge on any atom is -0.316 e. The Balaban J connectivity index is 1.89. The van der Waals surface area contributed by atoms with Crippen LogP contribution in [0.5, 0.6) is 0 Å². The van der Waals surface area contributed by atoms with E-state index in [9.17, 15) is 8.42 Å². The van der Waals surface area contributed by atoms with Crippen molar-refractivity contribution < 1.29 is 8.42 Å². The fourth-order valence-electron chi connectivity index (χ4n) is 1.40. The first-order valence-electron chi connectivity index (χ1n) is 4.79. The molecule has 0 aromatic rings. The molecule has 78 valence electrons. The van der Waals surface area contributed by atoms with Gasteiger partial charge in [-0.15, -0.1) is 0 Å². The molecular weight excluding hydrogens is 188 g/mol. The SMILES string of the molecule is NS(=O)(=O)CCCNCC1CCC1. The number of hydrogen-bond donors (Lipinski definition) is 2. The van der Waals surface area contributed by atoms with Crippen LogP contribution in [0.25, 0.3) is 0 Å². The molecule has 0 amide bonds. The first kappa shape index (κ1) is 10.9. The molecule has 0 bridgehead atoms. The van der Waals surface area contributed by atoms with E-state index in [0.29, 0.717) is 6.42 Å². The molecule has 0 heterocycles. The molecule has 4 nitrogen and oxygen atoms in total. The molecule has 0 atom stereocenters. The standard InChI is InChI=1S/C8H18N2O2S/c9-13(11,12)6-2-5-10-7-8-3-1-4-8/h8,10H,1-7H2,(H2,9,11,12). The van der Waals surface area contributed by atoms with Crippen LogP contribution in [0, 0.1) is 5.92 Å². The van der Waals surface area contributed by atoms with Gasteiger partial charge < -0.3 is 5.32 Å². The summed E-state index contributed by atoms with van der Waals surface area (Å²) < 4.78 is 21.1. The van der Waals surface area contributed by atoms with Crippen LogP contribution in [0.15, 0.2) is 0 Å². The Labute approximate surface area is 79.9 Å². The smallest absolute Gasteiger partial charge is 0.209 e. The molecule has 0 unspecified atom stereocenters. The molecule has 1 saturated carbocycles. The lowest BCUT2D eigenvalue weighted by atomic mass is 9.85. The Hall–Kier alpha value is -0.130. The highest BCUT2D eigenvalue weighted by Gasteiger charge is 2.16. The average Bonchev–Trinajstić information content (AvgIpc) is 1.90. The lowest BCUT2D eigenvalue weighted by Crippen LogP contribution is -2.29. The normalized spacial score (nSPS) is 18.5. The second-order valence-electron chi connectivity index (χ2n) is 3.72. The number of nitrogens with two attached hydrogens (primary N) is 1. The van der Waals surface area contributed by atoms with Crippen LogP contribution >= 0.6 is 0 Å². The predicted octanol–water partition coefficient (Wildman–Crippen LogP) is 0.0547. The van der Waals surface area contributed by atoms with Gasteiger partial charge in [-0.1, -0.05) is 6.42 Å². The Bertz CT molecular complexity index is 235. The molecule has 3 N–H and O–H groups in total. The van der Waals surface area contributed by atoms with Crippen molar-refractivity contribution in [3.63, 3.8) is 0 Å². The van der Waals surface area contributed by atoms with Crippen LogP contribution in [0.3, 0.4) is 0 Å². The van der Waals surface area contributed by atoms with Crippen LogP contribution in [-0.4, -0.2) is 27.3 Å². The highest BCUT2D eigenvalue weighted by molar-refractivity contribution is 7.89. The van der Waals surface area contributed by atoms with Crippen molar-refractivity contribution in [3.8, 4) is 0 Å². The monoisotopic (exact) mass is 206 g/mol. The van der Waals surface area contributed by atoms with Crippen molar-refractivity contribution in [2.24, 2.45) is 11.1 Å². The summed E-state index contributed by atoms with van der Waals surface area (Å²) in [7, 11) is -3.26. The summed E-state index contributed by atoms with van der Waals surface area (Å²) in [4.78, 5) is 0. The highest BCUT2D eigenvalue weighted by Crippen LogP contribution is 2.24. The quantitative estimate of drug-likeness (QED) is 0.603. The molecule has 5 heteroatoms. The van der Waals surface area contributed by atoms with E-state index in [1.165, 1.54) is 19.3 Å². The lowest BCUT2D eigenvalue weighted by Gasteiger charge is -2.25. The molecule has 0 aromatic heterocycles. The van der Waals surface area contributed by atoms with Gasteiger partial charge in [0.15, 0.2) is 0 Å². The van der Waals surface area contributed by atoms with Crippen molar-refractivity contribution in [2.45, 2.75) is 25.7 Å². The maximum Gasteiger partial charge on any atom is 0.209 e. The van der Waals surface area contributed by atoms with Crippen molar-refractivity contribution >= 4 is 10.0 Å². The number of rotatable bonds is 6. The number of sulfonamides is 1. The summed E-state index contributed by atoms with van der Waals surface area (Å²) in [6.45, 7) is 1.79. The van der Waals surface area contributed by atoms with E-state index in [4.69, 9.17) is 5.14 Å². The molecule has 1 fully saturated rings. The first-order valence-corrected chi connectivity index (χ1v) is 6.50. The second kappa shape index (κ2) is 4.93. The van der Waals surface area contributed by atoms with Crippen LogP contribution in [0.1, 0.15) is 25.7 Å². The molecule has 1 rings (SSSR count). The summed E-state index contributed by atoms with van der Waals surface area (Å²) in [5, 5.41) is 8.10. The van der Waals surface area contributed by atoms with E-state index in [2.05, 4.69) is 5.32 Å². The van der Waals surface area contributed by atoms with E-state index < -0.39 is 10.0 Å². The zero-order chi connectivity index (χ0) is 9.73. The number of primary sulfonamides is 1. The zero-order valence-electron chi connectivity index (χ0n) is 7.83. The van der Waals surface area contributed by atoms with Crippen LogP contribution in [0.2, 0.25) is 0 Å². The molecule has 0 aromatic carbocycles. The summed E-state index contributed by atoms with van der Waals surface area (Å²) in [6, 6.07) is 0. The van der Waals surface area contributed by atoms with Crippen molar-refractivity contribution in [1.29, 1.82) is 0 Å². The molecular formula is C8H18N2O2S. The van der Waals surface area contributed by atoms with Crippen LogP contribution in [0.4, 0.5) is 0 Å². The molecule has 1 aliphatic rings. The van der Waals surface area contributed by atoms with E-state index >= 15 is 0 Å². The van der Waals surface area contributed by atoms with Crippen LogP contribution in [-0.2, 0) is 10.0 Å². The van der Waals surface area contributed by atoms with Gasteiger partial charge in [-0.2, -0.15) is 0 Å². The maximum absolute atomic E-state index is 10.5. The van der Waals surface area contributed by atoms with E-state index in [0.717, 1.165) is 19.0 Å². The summed E-state index contributed by atoms with van der Waals surface area (Å²) in [6.07, 6.45) is 4.61. The van der Waals surface area contributed by atoms with Gasteiger partial charge >= 0.3 is 0 Å².